The second-order valence-corrected chi connectivity index (χ2v) is 7.50. The smallest absolute Gasteiger partial charge is 0.186 e. The first kappa shape index (κ1) is 18.4. The summed E-state index contributed by atoms with van der Waals surface area (Å²) in [5.41, 5.74) is 1.33. The van der Waals surface area contributed by atoms with Crippen LogP contribution >= 0.6 is 11.6 Å². The molecule has 0 unspecified atom stereocenters. The molecule has 3 rings (SSSR count). The number of benzene rings is 1. The maximum Gasteiger partial charge on any atom is 0.186 e. The second kappa shape index (κ2) is 7.90. The number of hydrogen-bond acceptors (Lipinski definition) is 3. The molecule has 5 heteroatoms. The number of hydrogen-bond donors (Lipinski definition) is 0. The molecule has 0 bridgehead atoms. The normalized spacial score (nSPS) is 19.0. The van der Waals surface area contributed by atoms with Gasteiger partial charge in [-0.25, -0.2) is 4.98 Å². The van der Waals surface area contributed by atoms with Crippen molar-refractivity contribution in [1.82, 2.24) is 9.55 Å². The minimum absolute atomic E-state index is 0.133. The van der Waals surface area contributed by atoms with Crippen LogP contribution in [-0.4, -0.2) is 28.6 Å². The minimum atomic E-state index is -0.614. The van der Waals surface area contributed by atoms with E-state index in [0.717, 1.165) is 43.9 Å². The van der Waals surface area contributed by atoms with Gasteiger partial charge in [0.25, 0.3) is 0 Å². The van der Waals surface area contributed by atoms with Crippen molar-refractivity contribution in [3.63, 3.8) is 0 Å². The molecule has 0 amide bonds. The quantitative estimate of drug-likeness (QED) is 0.715. The Labute approximate surface area is 155 Å². The monoisotopic (exact) mass is 362 g/mol. The van der Waals surface area contributed by atoms with Crippen molar-refractivity contribution in [3.8, 4) is 0 Å². The van der Waals surface area contributed by atoms with E-state index in [1.165, 1.54) is 5.56 Å². The minimum Gasteiger partial charge on any atom is -0.347 e. The molecule has 136 valence electrons. The summed E-state index contributed by atoms with van der Waals surface area (Å²) < 4.78 is 14.8. The standard InChI is InChI=1S/C20H27ClN2O2/c1-3-19(4-2)14-24-20(25-15-19,13-23-11-10-22-16-23)9-8-17-6-5-7-18(21)12-17/h5-7,10-12,16H,3-4,8-9,13-15H2,1-2H3. The highest BCUT2D eigenvalue weighted by molar-refractivity contribution is 6.30. The maximum absolute atomic E-state index is 6.38. The fraction of sp³-hybridized carbons (Fsp3) is 0.550. The molecule has 1 aromatic carbocycles. The van der Waals surface area contributed by atoms with Gasteiger partial charge in [-0.3, -0.25) is 0 Å². The van der Waals surface area contributed by atoms with Crippen LogP contribution in [0.15, 0.2) is 43.0 Å². The molecule has 0 spiro atoms. The maximum atomic E-state index is 6.38. The van der Waals surface area contributed by atoms with Gasteiger partial charge in [0.2, 0.25) is 0 Å². The first-order valence-electron chi connectivity index (χ1n) is 9.07. The van der Waals surface area contributed by atoms with Crippen LogP contribution in [0, 0.1) is 5.41 Å². The number of halogens is 1. The van der Waals surface area contributed by atoms with Crippen molar-refractivity contribution in [2.75, 3.05) is 13.2 Å². The predicted molar refractivity (Wildman–Crippen MR) is 99.7 cm³/mol. The van der Waals surface area contributed by atoms with E-state index in [1.54, 1.807) is 6.20 Å². The highest BCUT2D eigenvalue weighted by Crippen LogP contribution is 2.38. The molecule has 0 atom stereocenters. The van der Waals surface area contributed by atoms with E-state index in [4.69, 9.17) is 21.1 Å². The lowest BCUT2D eigenvalue weighted by Crippen LogP contribution is -2.51. The lowest BCUT2D eigenvalue weighted by Gasteiger charge is -2.46. The Morgan fingerprint density at radius 3 is 2.56 bits per heavy atom. The Morgan fingerprint density at radius 1 is 1.20 bits per heavy atom. The van der Waals surface area contributed by atoms with Gasteiger partial charge in [-0.15, -0.1) is 0 Å². The van der Waals surface area contributed by atoms with Crippen molar-refractivity contribution in [1.29, 1.82) is 0 Å². The van der Waals surface area contributed by atoms with Gasteiger partial charge in [0.05, 0.1) is 26.1 Å². The number of imidazole rings is 1. The molecule has 1 aromatic heterocycles. The molecule has 2 heterocycles. The highest BCUT2D eigenvalue weighted by atomic mass is 35.5. The Hall–Kier alpha value is -1.36. The van der Waals surface area contributed by atoms with Crippen molar-refractivity contribution in [2.45, 2.75) is 51.9 Å². The first-order chi connectivity index (χ1) is 12.1. The first-order valence-corrected chi connectivity index (χ1v) is 9.45. The number of nitrogens with zero attached hydrogens (tertiary/aromatic N) is 2. The Kier molecular flexibility index (Phi) is 5.82. The van der Waals surface area contributed by atoms with Gasteiger partial charge in [0.1, 0.15) is 0 Å². The van der Waals surface area contributed by atoms with Gasteiger partial charge >= 0.3 is 0 Å². The van der Waals surface area contributed by atoms with Crippen LogP contribution < -0.4 is 0 Å². The molecule has 1 saturated heterocycles. The number of rotatable bonds is 7. The Bertz CT molecular complexity index is 658. The van der Waals surface area contributed by atoms with Crippen LogP contribution in [0.25, 0.3) is 0 Å². The summed E-state index contributed by atoms with van der Waals surface area (Å²) in [7, 11) is 0. The topological polar surface area (TPSA) is 36.3 Å². The van der Waals surface area contributed by atoms with Crippen LogP contribution in [0.2, 0.25) is 5.02 Å². The van der Waals surface area contributed by atoms with Crippen LogP contribution in [0.3, 0.4) is 0 Å². The lowest BCUT2D eigenvalue weighted by molar-refractivity contribution is -0.313. The van der Waals surface area contributed by atoms with Gasteiger partial charge in [-0.05, 0) is 37.0 Å². The fourth-order valence-corrected chi connectivity index (χ4v) is 3.52. The number of ether oxygens (including phenoxy) is 2. The van der Waals surface area contributed by atoms with E-state index >= 15 is 0 Å². The Balaban J connectivity index is 1.73. The molecule has 1 aliphatic heterocycles. The molecule has 2 aromatic rings. The predicted octanol–water partition coefficient (Wildman–Crippen LogP) is 4.72. The zero-order chi connectivity index (χ0) is 17.8. The van der Waals surface area contributed by atoms with Gasteiger partial charge in [-0.2, -0.15) is 0 Å². The number of aromatic nitrogens is 2. The van der Waals surface area contributed by atoms with Crippen molar-refractivity contribution in [2.24, 2.45) is 5.41 Å². The molecule has 1 fully saturated rings. The van der Waals surface area contributed by atoms with Crippen molar-refractivity contribution >= 4 is 11.6 Å². The van der Waals surface area contributed by atoms with Crippen LogP contribution in [-0.2, 0) is 22.4 Å². The van der Waals surface area contributed by atoms with E-state index in [2.05, 4.69) is 24.9 Å². The molecule has 1 aliphatic rings. The van der Waals surface area contributed by atoms with Crippen LogP contribution in [0.4, 0.5) is 0 Å². The van der Waals surface area contributed by atoms with Gasteiger partial charge in [0, 0.05) is 29.3 Å². The second-order valence-electron chi connectivity index (χ2n) is 7.06. The summed E-state index contributed by atoms with van der Waals surface area (Å²) >= 11 is 6.12. The van der Waals surface area contributed by atoms with Gasteiger partial charge in [-0.1, -0.05) is 37.6 Å². The van der Waals surface area contributed by atoms with Gasteiger partial charge < -0.3 is 14.0 Å². The van der Waals surface area contributed by atoms with E-state index in [1.807, 2.05) is 35.3 Å². The van der Waals surface area contributed by atoms with E-state index in [9.17, 15) is 0 Å². The zero-order valence-corrected chi connectivity index (χ0v) is 15.8. The van der Waals surface area contributed by atoms with E-state index in [0.29, 0.717) is 6.54 Å². The molecular formula is C20H27ClN2O2. The SMILES string of the molecule is CCC1(CC)COC(CCc2cccc(Cl)c2)(Cn2ccnc2)OC1. The summed E-state index contributed by atoms with van der Waals surface area (Å²) in [6.45, 7) is 6.56. The zero-order valence-electron chi connectivity index (χ0n) is 15.1. The molecule has 0 aliphatic carbocycles. The molecule has 25 heavy (non-hydrogen) atoms. The largest absolute Gasteiger partial charge is 0.347 e. The summed E-state index contributed by atoms with van der Waals surface area (Å²) in [6.07, 6.45) is 9.34. The van der Waals surface area contributed by atoms with Crippen molar-refractivity contribution < 1.29 is 9.47 Å². The average molecular weight is 363 g/mol. The lowest BCUT2D eigenvalue weighted by atomic mass is 9.83. The molecule has 4 nitrogen and oxygen atoms in total. The van der Waals surface area contributed by atoms with Crippen LogP contribution in [0.1, 0.15) is 38.7 Å². The molecule has 0 saturated carbocycles. The summed E-state index contributed by atoms with van der Waals surface area (Å²) in [5, 5.41) is 0.766. The Morgan fingerprint density at radius 2 is 1.96 bits per heavy atom. The van der Waals surface area contributed by atoms with Crippen molar-refractivity contribution in [3.05, 3.63) is 53.6 Å². The summed E-state index contributed by atoms with van der Waals surface area (Å²) in [5.74, 6) is -0.614. The third-order valence-electron chi connectivity index (χ3n) is 5.45. The van der Waals surface area contributed by atoms with Crippen LogP contribution in [0.5, 0.6) is 0 Å². The molecule has 0 radical (unpaired) electrons. The summed E-state index contributed by atoms with van der Waals surface area (Å²) in [6, 6.07) is 8.00. The molecule has 0 N–H and O–H groups in total. The third kappa shape index (κ3) is 4.43. The highest BCUT2D eigenvalue weighted by Gasteiger charge is 2.43. The van der Waals surface area contributed by atoms with E-state index in [-0.39, 0.29) is 5.41 Å². The van der Waals surface area contributed by atoms with E-state index < -0.39 is 5.79 Å². The van der Waals surface area contributed by atoms with Gasteiger partial charge in [0.15, 0.2) is 5.79 Å². The summed E-state index contributed by atoms with van der Waals surface area (Å²) in [4.78, 5) is 4.14. The molecular weight excluding hydrogens is 336 g/mol. The fourth-order valence-electron chi connectivity index (χ4n) is 3.31. The third-order valence-corrected chi connectivity index (χ3v) is 5.68. The number of aryl methyl sites for hydroxylation is 1. The average Bonchev–Trinajstić information content (AvgIpc) is 3.14.